The predicted octanol–water partition coefficient (Wildman–Crippen LogP) is 5.31. The monoisotopic (exact) mass is 604 g/mol. The number of hydrogen-bond acceptors (Lipinski definition) is 8. The van der Waals surface area contributed by atoms with Gasteiger partial charge in [0, 0.05) is 17.9 Å². The zero-order valence-corrected chi connectivity index (χ0v) is 25.2. The molecule has 232 valence electrons. The van der Waals surface area contributed by atoms with E-state index in [9.17, 15) is 20.1 Å². The molecule has 2 aliphatic heterocycles. The minimum atomic E-state index is -1.47. The van der Waals surface area contributed by atoms with Gasteiger partial charge in [0.25, 0.3) is 0 Å². The average molecular weight is 605 g/mol. The molecule has 2 saturated heterocycles. The highest BCUT2D eigenvalue weighted by Gasteiger charge is 2.44. The Hall–Kier alpha value is -2.20. The molecule has 0 bridgehead atoms. The van der Waals surface area contributed by atoms with E-state index in [0.29, 0.717) is 30.0 Å². The van der Waals surface area contributed by atoms with Gasteiger partial charge < -0.3 is 34.3 Å². The van der Waals surface area contributed by atoms with Crippen LogP contribution in [0.25, 0.3) is 0 Å². The maximum atomic E-state index is 12.3. The second-order valence-corrected chi connectivity index (χ2v) is 11.8. The summed E-state index contributed by atoms with van der Waals surface area (Å²) in [5.74, 6) is 0.424. The zero-order chi connectivity index (χ0) is 29.9. The van der Waals surface area contributed by atoms with E-state index in [1.165, 1.54) is 25.7 Å². The van der Waals surface area contributed by atoms with E-state index in [1.807, 2.05) is 30.3 Å². The van der Waals surface area contributed by atoms with Gasteiger partial charge in [-0.3, -0.25) is 4.79 Å². The standard InChI is InChI=1S/C33H45ClO8/c1-2-3-4-5-6-7-8-9-29(35)40-21-28-30(36)31(37)32(38)33(42-28)23-12-15-27(34)24(19-23)18-22-10-13-25(14-11-22)41-26-16-17-39-20-26/h10-15,19,26,28,30-33,36-38H,2-9,16-18,20-21H2,1H3/t26?,28-,30-,31+,32-,33+/m1/s1. The number of ether oxygens (including phenoxy) is 4. The highest BCUT2D eigenvalue weighted by molar-refractivity contribution is 6.31. The number of rotatable bonds is 15. The maximum absolute atomic E-state index is 12.3. The molecule has 3 N–H and O–H groups in total. The van der Waals surface area contributed by atoms with Crippen LogP contribution in [-0.2, 0) is 25.4 Å². The molecule has 2 fully saturated rings. The molecule has 1 unspecified atom stereocenters. The van der Waals surface area contributed by atoms with Gasteiger partial charge in [0.2, 0.25) is 0 Å². The van der Waals surface area contributed by atoms with Crippen molar-refractivity contribution in [3.05, 3.63) is 64.2 Å². The highest BCUT2D eigenvalue weighted by atomic mass is 35.5. The van der Waals surface area contributed by atoms with Crippen LogP contribution in [0.15, 0.2) is 42.5 Å². The Kier molecular flexibility index (Phi) is 12.9. The predicted molar refractivity (Wildman–Crippen MR) is 160 cm³/mol. The first-order chi connectivity index (χ1) is 20.4. The first kappa shape index (κ1) is 32.7. The van der Waals surface area contributed by atoms with Crippen LogP contribution in [0.1, 0.15) is 87.5 Å². The van der Waals surface area contributed by atoms with E-state index in [2.05, 4.69) is 6.92 Å². The van der Waals surface area contributed by atoms with Crippen molar-refractivity contribution in [2.45, 2.75) is 108 Å². The van der Waals surface area contributed by atoms with Crippen molar-refractivity contribution in [2.75, 3.05) is 19.8 Å². The minimum Gasteiger partial charge on any atom is -0.488 e. The Morgan fingerprint density at radius 1 is 0.952 bits per heavy atom. The van der Waals surface area contributed by atoms with Gasteiger partial charge in [0.05, 0.1) is 13.2 Å². The Bertz CT molecular complexity index is 1100. The number of carbonyl (C=O) groups excluding carboxylic acids is 1. The van der Waals surface area contributed by atoms with Crippen molar-refractivity contribution in [3.63, 3.8) is 0 Å². The van der Waals surface area contributed by atoms with Gasteiger partial charge >= 0.3 is 5.97 Å². The quantitative estimate of drug-likeness (QED) is 0.185. The summed E-state index contributed by atoms with van der Waals surface area (Å²) in [4.78, 5) is 12.3. The van der Waals surface area contributed by atoms with Crippen molar-refractivity contribution in [2.24, 2.45) is 0 Å². The van der Waals surface area contributed by atoms with Crippen LogP contribution in [-0.4, -0.2) is 71.6 Å². The molecular weight excluding hydrogens is 560 g/mol. The van der Waals surface area contributed by atoms with Gasteiger partial charge in [-0.2, -0.15) is 0 Å². The highest BCUT2D eigenvalue weighted by Crippen LogP contribution is 2.35. The Labute approximate surface area is 253 Å². The van der Waals surface area contributed by atoms with Gasteiger partial charge in [0.15, 0.2) is 0 Å². The zero-order valence-electron chi connectivity index (χ0n) is 24.5. The third-order valence-electron chi connectivity index (χ3n) is 8.01. The SMILES string of the molecule is CCCCCCCCCC(=O)OC[C@H]1O[C@@H](c2ccc(Cl)c(Cc3ccc(OC4CCOC4)cc3)c2)[C@H](O)[C@@H](O)[C@@H]1O. The van der Waals surface area contributed by atoms with E-state index in [-0.39, 0.29) is 18.7 Å². The Balaban J connectivity index is 1.32. The van der Waals surface area contributed by atoms with Crippen LogP contribution in [0.2, 0.25) is 5.02 Å². The summed E-state index contributed by atoms with van der Waals surface area (Å²) in [6.07, 6.45) is 3.32. The number of unbranched alkanes of at least 4 members (excludes halogenated alkanes) is 6. The third-order valence-corrected chi connectivity index (χ3v) is 8.38. The lowest BCUT2D eigenvalue weighted by Gasteiger charge is -2.40. The molecule has 0 saturated carbocycles. The number of halogens is 1. The number of carbonyl (C=O) groups is 1. The van der Waals surface area contributed by atoms with Gasteiger partial charge in [-0.15, -0.1) is 0 Å². The summed E-state index contributed by atoms with van der Waals surface area (Å²) in [6, 6.07) is 13.1. The second kappa shape index (κ2) is 16.6. The lowest BCUT2D eigenvalue weighted by atomic mass is 9.90. The summed E-state index contributed by atoms with van der Waals surface area (Å²) in [5, 5.41) is 32.5. The second-order valence-electron chi connectivity index (χ2n) is 11.4. The molecule has 0 spiro atoms. The Morgan fingerprint density at radius 2 is 1.69 bits per heavy atom. The molecule has 0 aliphatic carbocycles. The smallest absolute Gasteiger partial charge is 0.305 e. The largest absolute Gasteiger partial charge is 0.488 e. The van der Waals surface area contributed by atoms with Gasteiger partial charge in [-0.25, -0.2) is 0 Å². The van der Waals surface area contributed by atoms with Gasteiger partial charge in [-0.1, -0.05) is 81.3 Å². The van der Waals surface area contributed by atoms with Crippen LogP contribution < -0.4 is 4.74 Å². The van der Waals surface area contributed by atoms with Crippen molar-refractivity contribution in [3.8, 4) is 5.75 Å². The number of hydrogen-bond donors (Lipinski definition) is 3. The topological polar surface area (TPSA) is 115 Å². The molecule has 2 aromatic rings. The fraction of sp³-hybridized carbons (Fsp3) is 0.606. The van der Waals surface area contributed by atoms with E-state index < -0.39 is 30.5 Å². The van der Waals surface area contributed by atoms with Crippen LogP contribution >= 0.6 is 11.6 Å². The molecule has 4 rings (SSSR count). The molecule has 2 heterocycles. The summed E-state index contributed by atoms with van der Waals surface area (Å²) in [5.41, 5.74) is 2.45. The summed E-state index contributed by atoms with van der Waals surface area (Å²) in [6.45, 7) is 3.30. The lowest BCUT2D eigenvalue weighted by molar-refractivity contribution is -0.234. The molecule has 2 aromatic carbocycles. The molecule has 0 amide bonds. The normalized spacial score (nSPS) is 25.8. The van der Waals surface area contributed by atoms with Gasteiger partial charge in [-0.05, 0) is 47.7 Å². The Morgan fingerprint density at radius 3 is 2.40 bits per heavy atom. The third kappa shape index (κ3) is 9.40. The van der Waals surface area contributed by atoms with E-state index in [4.69, 9.17) is 30.5 Å². The fourth-order valence-electron chi connectivity index (χ4n) is 5.45. The number of esters is 1. The van der Waals surface area contributed by atoms with Crippen molar-refractivity contribution in [1.29, 1.82) is 0 Å². The minimum absolute atomic E-state index is 0.0789. The average Bonchev–Trinajstić information content (AvgIpc) is 3.50. The summed E-state index contributed by atoms with van der Waals surface area (Å²) in [7, 11) is 0. The van der Waals surface area contributed by atoms with E-state index in [1.54, 1.807) is 12.1 Å². The molecule has 42 heavy (non-hydrogen) atoms. The van der Waals surface area contributed by atoms with E-state index >= 15 is 0 Å². The van der Waals surface area contributed by atoms with Crippen LogP contribution in [0.4, 0.5) is 0 Å². The molecule has 2 aliphatic rings. The fourth-order valence-corrected chi connectivity index (χ4v) is 5.63. The summed E-state index contributed by atoms with van der Waals surface area (Å²) < 4.78 is 22.7. The molecule has 8 nitrogen and oxygen atoms in total. The van der Waals surface area contributed by atoms with Crippen LogP contribution in [0, 0.1) is 0 Å². The number of aliphatic hydroxyl groups is 3. The molecule has 6 atom stereocenters. The molecule has 9 heteroatoms. The number of benzene rings is 2. The molecule has 0 radical (unpaired) electrons. The van der Waals surface area contributed by atoms with Crippen LogP contribution in [0.5, 0.6) is 5.75 Å². The first-order valence-corrected chi connectivity index (χ1v) is 15.7. The molecule has 0 aromatic heterocycles. The van der Waals surface area contributed by atoms with Crippen LogP contribution in [0.3, 0.4) is 0 Å². The number of aliphatic hydroxyl groups excluding tert-OH is 3. The van der Waals surface area contributed by atoms with Crippen molar-refractivity contribution >= 4 is 17.6 Å². The maximum Gasteiger partial charge on any atom is 0.305 e. The summed E-state index contributed by atoms with van der Waals surface area (Å²) >= 11 is 6.53. The lowest BCUT2D eigenvalue weighted by Crippen LogP contribution is -2.55. The van der Waals surface area contributed by atoms with Gasteiger partial charge in [0.1, 0.15) is 49.0 Å². The van der Waals surface area contributed by atoms with Crippen molar-refractivity contribution in [1.82, 2.24) is 0 Å². The van der Waals surface area contributed by atoms with E-state index in [0.717, 1.165) is 49.2 Å². The first-order valence-electron chi connectivity index (χ1n) is 15.3. The van der Waals surface area contributed by atoms with Crippen molar-refractivity contribution < 1.29 is 39.1 Å². The molecular formula is C33H45ClO8.